The SMILES string of the molecule is CC[C@H]1C(=O)C(C)(C)[C@H](O)CC(=O)O[C@H](/C(F)=C/c2csc(C)n2)C/C=C(/C)CCC[C@@H](C)[C@@H]1O. The number of thiazole rings is 1. The van der Waals surface area contributed by atoms with Gasteiger partial charge in [0.1, 0.15) is 11.6 Å². The monoisotopic (exact) mass is 509 g/mol. The van der Waals surface area contributed by atoms with Crippen molar-refractivity contribution in [1.29, 1.82) is 0 Å². The highest BCUT2D eigenvalue weighted by molar-refractivity contribution is 7.09. The van der Waals surface area contributed by atoms with Crippen LogP contribution in [0.2, 0.25) is 0 Å². The third-order valence-corrected chi connectivity index (χ3v) is 7.81. The maximum atomic E-state index is 15.2. The lowest BCUT2D eigenvalue weighted by atomic mass is 9.71. The average molecular weight is 510 g/mol. The second-order valence-corrected chi connectivity index (χ2v) is 11.3. The van der Waals surface area contributed by atoms with E-state index < -0.39 is 47.9 Å². The predicted octanol–water partition coefficient (Wildman–Crippen LogP) is 5.56. The van der Waals surface area contributed by atoms with Gasteiger partial charge >= 0.3 is 5.97 Å². The lowest BCUT2D eigenvalue weighted by Crippen LogP contribution is -2.46. The van der Waals surface area contributed by atoms with Crippen molar-refractivity contribution in [2.24, 2.45) is 17.3 Å². The molecule has 2 N–H and O–H groups in total. The summed E-state index contributed by atoms with van der Waals surface area (Å²) in [5.41, 5.74) is 0.205. The van der Waals surface area contributed by atoms with Crippen molar-refractivity contribution in [1.82, 2.24) is 4.98 Å². The average Bonchev–Trinajstić information content (AvgIpc) is 3.20. The number of carbonyl (C=O) groups is 2. The van der Waals surface area contributed by atoms with Crippen LogP contribution in [0.15, 0.2) is 22.9 Å². The normalized spacial score (nSPS) is 31.5. The molecule has 1 aliphatic heterocycles. The highest BCUT2D eigenvalue weighted by atomic mass is 32.1. The molecule has 6 nitrogen and oxygen atoms in total. The summed E-state index contributed by atoms with van der Waals surface area (Å²) in [6.45, 7) is 10.7. The van der Waals surface area contributed by atoms with Crippen LogP contribution < -0.4 is 0 Å². The zero-order chi connectivity index (χ0) is 26.3. The molecule has 0 aliphatic carbocycles. The fraction of sp³-hybridized carbons (Fsp3) is 0.667. The van der Waals surface area contributed by atoms with Crippen LogP contribution in [0.5, 0.6) is 0 Å². The van der Waals surface area contributed by atoms with Crippen LogP contribution in [0.25, 0.3) is 6.08 Å². The van der Waals surface area contributed by atoms with Crippen LogP contribution in [0.1, 0.15) is 83.8 Å². The molecule has 0 bridgehead atoms. The summed E-state index contributed by atoms with van der Waals surface area (Å²) in [7, 11) is 0. The van der Waals surface area contributed by atoms with Crippen molar-refractivity contribution in [3.63, 3.8) is 0 Å². The Hall–Kier alpha value is -1.90. The second kappa shape index (κ2) is 12.9. The maximum Gasteiger partial charge on any atom is 0.309 e. The van der Waals surface area contributed by atoms with E-state index in [0.29, 0.717) is 12.1 Å². The molecule has 0 fully saturated rings. The number of aliphatic hydroxyl groups is 2. The van der Waals surface area contributed by atoms with E-state index in [2.05, 4.69) is 4.98 Å². The van der Waals surface area contributed by atoms with Gasteiger partial charge in [-0.25, -0.2) is 9.37 Å². The van der Waals surface area contributed by atoms with Gasteiger partial charge in [-0.05, 0) is 45.4 Å². The Labute approximate surface area is 212 Å². The molecule has 0 amide bonds. The Balaban J connectivity index is 2.35. The van der Waals surface area contributed by atoms with E-state index in [4.69, 9.17) is 4.74 Å². The van der Waals surface area contributed by atoms with Crippen molar-refractivity contribution in [2.45, 2.75) is 98.4 Å². The van der Waals surface area contributed by atoms with Gasteiger partial charge in [0, 0.05) is 23.8 Å². The summed E-state index contributed by atoms with van der Waals surface area (Å²) in [6.07, 6.45) is 2.22. The van der Waals surface area contributed by atoms with E-state index in [-0.39, 0.29) is 18.1 Å². The van der Waals surface area contributed by atoms with Crippen molar-refractivity contribution < 1.29 is 28.9 Å². The van der Waals surface area contributed by atoms with Gasteiger partial charge in [-0.2, -0.15) is 0 Å². The zero-order valence-corrected chi connectivity index (χ0v) is 22.5. The molecule has 1 aromatic heterocycles. The molecule has 8 heteroatoms. The fourth-order valence-electron chi connectivity index (χ4n) is 4.42. The van der Waals surface area contributed by atoms with Crippen LogP contribution in [-0.2, 0) is 14.3 Å². The van der Waals surface area contributed by atoms with Gasteiger partial charge in [0.15, 0.2) is 6.10 Å². The van der Waals surface area contributed by atoms with Crippen LogP contribution >= 0.6 is 11.3 Å². The number of rotatable bonds is 3. The number of cyclic esters (lactones) is 1. The fourth-order valence-corrected chi connectivity index (χ4v) is 4.99. The van der Waals surface area contributed by atoms with Gasteiger partial charge in [-0.1, -0.05) is 39.3 Å². The number of ether oxygens (including phenoxy) is 1. The molecule has 2 heterocycles. The summed E-state index contributed by atoms with van der Waals surface area (Å²) < 4.78 is 20.6. The molecule has 2 rings (SSSR count). The summed E-state index contributed by atoms with van der Waals surface area (Å²) in [4.78, 5) is 30.3. The van der Waals surface area contributed by atoms with Gasteiger partial charge in [0.25, 0.3) is 0 Å². The number of nitrogens with zero attached hydrogens (tertiary/aromatic N) is 1. The van der Waals surface area contributed by atoms with Gasteiger partial charge in [0.2, 0.25) is 0 Å². The van der Waals surface area contributed by atoms with Crippen molar-refractivity contribution in [3.05, 3.63) is 33.6 Å². The lowest BCUT2D eigenvalue weighted by molar-refractivity contribution is -0.155. The van der Waals surface area contributed by atoms with E-state index in [1.165, 1.54) is 17.4 Å². The number of aryl methyl sites for hydroxylation is 1. The van der Waals surface area contributed by atoms with Crippen LogP contribution in [0.4, 0.5) is 4.39 Å². The number of halogens is 1. The first-order valence-corrected chi connectivity index (χ1v) is 13.3. The highest BCUT2D eigenvalue weighted by Crippen LogP contribution is 2.34. The van der Waals surface area contributed by atoms with Gasteiger partial charge in [-0.15, -0.1) is 11.3 Å². The minimum Gasteiger partial charge on any atom is -0.455 e. The van der Waals surface area contributed by atoms with Gasteiger partial charge < -0.3 is 14.9 Å². The second-order valence-electron chi connectivity index (χ2n) is 10.3. The van der Waals surface area contributed by atoms with Crippen LogP contribution in [0.3, 0.4) is 0 Å². The minimum atomic E-state index is -1.34. The first-order chi connectivity index (χ1) is 16.4. The molecular weight excluding hydrogens is 469 g/mol. The smallest absolute Gasteiger partial charge is 0.309 e. The molecule has 0 saturated heterocycles. The summed E-state index contributed by atoms with van der Waals surface area (Å²) in [5, 5.41) is 24.3. The third-order valence-electron chi connectivity index (χ3n) is 7.01. The molecule has 35 heavy (non-hydrogen) atoms. The molecule has 0 unspecified atom stereocenters. The summed E-state index contributed by atoms with van der Waals surface area (Å²) in [6, 6.07) is 0. The first-order valence-electron chi connectivity index (χ1n) is 12.4. The number of allylic oxidation sites excluding steroid dienone is 1. The number of hydrogen-bond acceptors (Lipinski definition) is 7. The highest BCUT2D eigenvalue weighted by Gasteiger charge is 2.43. The lowest BCUT2D eigenvalue weighted by Gasteiger charge is -2.35. The number of Topliss-reactive ketones (excluding diaryl/α,β-unsaturated/α-hetero) is 1. The quantitative estimate of drug-likeness (QED) is 0.409. The topological polar surface area (TPSA) is 96.7 Å². The number of hydrogen-bond donors (Lipinski definition) is 2. The standard InChI is InChI=1S/C27H40FNO5S/c1-7-20-25(32)17(3)10-8-9-16(2)11-12-22(21(28)13-19-15-35-18(4)29-19)34-24(31)14-23(30)27(5,6)26(20)33/h11,13,15,17,20,22-23,25,30,32H,7-10,12,14H2,1-6H3/b16-11-,21-13-/t17-,20-,22+,23-,25+/m1/s1. The van der Waals surface area contributed by atoms with Gasteiger partial charge in [-0.3, -0.25) is 9.59 Å². The van der Waals surface area contributed by atoms with Crippen molar-refractivity contribution in [3.8, 4) is 0 Å². The summed E-state index contributed by atoms with van der Waals surface area (Å²) >= 11 is 1.40. The number of ketones is 1. The van der Waals surface area contributed by atoms with Crippen molar-refractivity contribution >= 4 is 29.2 Å². The number of esters is 1. The molecule has 0 radical (unpaired) electrons. The molecule has 0 aromatic carbocycles. The Morgan fingerprint density at radius 1 is 1.31 bits per heavy atom. The van der Waals surface area contributed by atoms with Crippen molar-refractivity contribution in [2.75, 3.05) is 0 Å². The minimum absolute atomic E-state index is 0.0998. The predicted molar refractivity (Wildman–Crippen MR) is 136 cm³/mol. The molecule has 0 spiro atoms. The third kappa shape index (κ3) is 8.05. The Morgan fingerprint density at radius 3 is 2.60 bits per heavy atom. The Morgan fingerprint density at radius 2 is 2.00 bits per heavy atom. The number of aliphatic hydroxyl groups excluding tert-OH is 2. The molecule has 196 valence electrons. The molecular formula is C27H40FNO5S. The maximum absolute atomic E-state index is 15.2. The molecule has 0 saturated carbocycles. The van der Waals surface area contributed by atoms with E-state index in [0.717, 1.165) is 29.8 Å². The van der Waals surface area contributed by atoms with Gasteiger partial charge in [0.05, 0.1) is 34.7 Å². The molecule has 1 aromatic rings. The van der Waals surface area contributed by atoms with Crippen LogP contribution in [-0.4, -0.2) is 45.3 Å². The van der Waals surface area contributed by atoms with E-state index >= 15 is 4.39 Å². The van der Waals surface area contributed by atoms with Crippen LogP contribution in [0, 0.1) is 24.2 Å². The molecule has 1 aliphatic rings. The first kappa shape index (κ1) is 29.3. The number of aromatic nitrogens is 1. The summed E-state index contributed by atoms with van der Waals surface area (Å²) in [5.74, 6) is -2.45. The van der Waals surface area contributed by atoms with E-state index in [9.17, 15) is 19.8 Å². The Bertz CT molecular complexity index is 938. The Kier molecular flexibility index (Phi) is 10.8. The number of carbonyl (C=O) groups excluding carboxylic acids is 2. The zero-order valence-electron chi connectivity index (χ0n) is 21.7. The largest absolute Gasteiger partial charge is 0.455 e. The van der Waals surface area contributed by atoms with E-state index in [1.54, 1.807) is 19.2 Å². The van der Waals surface area contributed by atoms with E-state index in [1.807, 2.05) is 33.8 Å². The molecule has 5 atom stereocenters.